The molecule has 3 aliphatic rings. The smallest absolute Gasteiger partial charge is 0.204 e. The summed E-state index contributed by atoms with van der Waals surface area (Å²) in [4.78, 5) is 19.1. The Kier molecular flexibility index (Phi) is 4.64. The van der Waals surface area contributed by atoms with Crippen molar-refractivity contribution in [1.82, 2.24) is 9.88 Å². The van der Waals surface area contributed by atoms with E-state index in [1.807, 2.05) is 6.07 Å². The number of furan rings is 1. The predicted octanol–water partition coefficient (Wildman–Crippen LogP) is 4.38. The largest absolute Gasteiger partial charge is 0.444 e. The van der Waals surface area contributed by atoms with Gasteiger partial charge in [0.25, 0.3) is 0 Å². The van der Waals surface area contributed by atoms with Gasteiger partial charge in [-0.05, 0) is 54.5 Å². The number of nitrogens with one attached hydrogen (secondary N) is 1. The fraction of sp³-hybridized carbons (Fsp3) is 0.571. The highest BCUT2D eigenvalue weighted by Crippen LogP contribution is 2.40. The number of carbonyl (C=O) groups is 1. The van der Waals surface area contributed by atoms with Gasteiger partial charge >= 0.3 is 0 Å². The van der Waals surface area contributed by atoms with Crippen molar-refractivity contribution in [1.29, 1.82) is 5.26 Å². The number of Topliss-reactive ketones (excluding diaryl/α,β-unsaturated/α-hetero) is 1. The van der Waals surface area contributed by atoms with Crippen molar-refractivity contribution >= 4 is 38.5 Å². The van der Waals surface area contributed by atoms with E-state index >= 15 is 0 Å². The van der Waals surface area contributed by atoms with E-state index in [0.717, 1.165) is 41.4 Å². The number of aromatic nitrogens is 1. The van der Waals surface area contributed by atoms with E-state index in [4.69, 9.17) is 9.68 Å². The van der Waals surface area contributed by atoms with E-state index in [1.165, 1.54) is 25.7 Å². The fourth-order valence-corrected chi connectivity index (χ4v) is 5.98. The monoisotopic (exact) mass is 442 g/mol. The van der Waals surface area contributed by atoms with Crippen LogP contribution in [0.5, 0.6) is 0 Å². The van der Waals surface area contributed by atoms with Gasteiger partial charge in [-0.1, -0.05) is 0 Å². The van der Waals surface area contributed by atoms with Crippen LogP contribution in [0.4, 0.5) is 5.82 Å². The molecule has 146 valence electrons. The molecule has 0 amide bonds. The Balaban J connectivity index is 1.24. The number of anilines is 1. The first-order valence-electron chi connectivity index (χ1n) is 10.2. The highest BCUT2D eigenvalue weighted by atomic mass is 79.9. The topological polar surface area (TPSA) is 82.2 Å². The highest BCUT2D eigenvalue weighted by Gasteiger charge is 2.44. The summed E-state index contributed by atoms with van der Waals surface area (Å²) in [6.45, 7) is 0. The minimum Gasteiger partial charge on any atom is -0.444 e. The molecule has 1 N–H and O–H groups in total. The SMILES string of the molecule is N#Cc1cc2c(Br)c(NC3CCC(N4C5CCC4CC(=O)C5)CC3)ncc2o1. The van der Waals surface area contributed by atoms with Gasteiger partial charge in [-0.2, -0.15) is 5.26 Å². The van der Waals surface area contributed by atoms with Gasteiger partial charge in [0.05, 0.1) is 10.7 Å². The Labute approximate surface area is 172 Å². The quantitative estimate of drug-likeness (QED) is 0.758. The third-order valence-electron chi connectivity index (χ3n) is 6.69. The van der Waals surface area contributed by atoms with E-state index in [-0.39, 0.29) is 0 Å². The second-order valence-electron chi connectivity index (χ2n) is 8.35. The lowest BCUT2D eigenvalue weighted by Gasteiger charge is -2.43. The average molecular weight is 443 g/mol. The summed E-state index contributed by atoms with van der Waals surface area (Å²) < 4.78 is 6.30. The van der Waals surface area contributed by atoms with Crippen molar-refractivity contribution in [3.05, 3.63) is 22.5 Å². The molecule has 28 heavy (non-hydrogen) atoms. The van der Waals surface area contributed by atoms with Crippen molar-refractivity contribution in [2.24, 2.45) is 0 Å². The molecular formula is C21H23BrN4O2. The van der Waals surface area contributed by atoms with E-state index in [1.54, 1.807) is 12.3 Å². The molecule has 2 aliphatic heterocycles. The molecule has 2 unspecified atom stereocenters. The lowest BCUT2D eigenvalue weighted by Crippen LogP contribution is -2.50. The number of fused-ring (bicyclic) bond motifs is 3. The third kappa shape index (κ3) is 3.13. The van der Waals surface area contributed by atoms with E-state index in [2.05, 4.69) is 31.1 Å². The molecule has 2 atom stereocenters. The molecule has 2 aromatic heterocycles. The summed E-state index contributed by atoms with van der Waals surface area (Å²) >= 11 is 3.62. The van der Waals surface area contributed by atoms with Crippen molar-refractivity contribution in [2.45, 2.75) is 75.5 Å². The van der Waals surface area contributed by atoms with Crippen LogP contribution in [-0.2, 0) is 4.79 Å². The molecule has 7 heteroatoms. The number of pyridine rings is 1. The first-order valence-corrected chi connectivity index (χ1v) is 11.0. The maximum absolute atomic E-state index is 11.9. The lowest BCUT2D eigenvalue weighted by atomic mass is 9.87. The molecule has 2 bridgehead atoms. The molecule has 0 spiro atoms. The Hall–Kier alpha value is -1.91. The van der Waals surface area contributed by atoms with Gasteiger partial charge in [-0.3, -0.25) is 9.69 Å². The normalized spacial score (nSPS) is 30.5. The molecule has 1 aliphatic carbocycles. The molecular weight excluding hydrogens is 420 g/mol. The molecule has 2 saturated heterocycles. The van der Waals surface area contributed by atoms with Crippen LogP contribution in [0, 0.1) is 11.3 Å². The maximum atomic E-state index is 11.9. The molecule has 3 fully saturated rings. The zero-order valence-electron chi connectivity index (χ0n) is 15.7. The van der Waals surface area contributed by atoms with Gasteiger partial charge in [-0.25, -0.2) is 4.98 Å². The van der Waals surface area contributed by atoms with Crippen LogP contribution in [0.15, 0.2) is 21.2 Å². The molecule has 4 heterocycles. The van der Waals surface area contributed by atoms with Crippen molar-refractivity contribution in [3.8, 4) is 6.07 Å². The Morgan fingerprint density at radius 1 is 1.14 bits per heavy atom. The number of hydrogen-bond acceptors (Lipinski definition) is 6. The van der Waals surface area contributed by atoms with Gasteiger partial charge < -0.3 is 9.73 Å². The van der Waals surface area contributed by atoms with Gasteiger partial charge in [0, 0.05) is 48.5 Å². The maximum Gasteiger partial charge on any atom is 0.204 e. The van der Waals surface area contributed by atoms with Crippen molar-refractivity contribution < 1.29 is 9.21 Å². The molecule has 0 radical (unpaired) electrons. The number of carbonyl (C=O) groups excluding carboxylic acids is 1. The molecule has 6 nitrogen and oxygen atoms in total. The zero-order chi connectivity index (χ0) is 19.3. The van der Waals surface area contributed by atoms with Crippen LogP contribution < -0.4 is 5.32 Å². The average Bonchev–Trinajstić information content (AvgIpc) is 3.24. The molecule has 2 aromatic rings. The molecule has 0 aromatic carbocycles. The zero-order valence-corrected chi connectivity index (χ0v) is 17.2. The van der Waals surface area contributed by atoms with Crippen LogP contribution in [-0.4, -0.2) is 39.8 Å². The van der Waals surface area contributed by atoms with Crippen LogP contribution >= 0.6 is 15.9 Å². The Morgan fingerprint density at radius 3 is 2.50 bits per heavy atom. The first kappa shape index (κ1) is 18.1. The summed E-state index contributed by atoms with van der Waals surface area (Å²) in [5, 5.41) is 13.5. The third-order valence-corrected chi connectivity index (χ3v) is 7.49. The van der Waals surface area contributed by atoms with E-state index < -0.39 is 0 Å². The summed E-state index contributed by atoms with van der Waals surface area (Å²) in [6, 6.07) is 5.78. The van der Waals surface area contributed by atoms with E-state index in [9.17, 15) is 4.79 Å². The van der Waals surface area contributed by atoms with Crippen LogP contribution in [0.3, 0.4) is 0 Å². The van der Waals surface area contributed by atoms with E-state index in [0.29, 0.717) is 41.3 Å². The number of ketones is 1. The number of hydrogen-bond donors (Lipinski definition) is 1. The van der Waals surface area contributed by atoms with Crippen LogP contribution in [0.2, 0.25) is 0 Å². The summed E-state index contributed by atoms with van der Waals surface area (Å²) in [6.07, 6.45) is 10.2. The first-order chi connectivity index (χ1) is 13.6. The molecule has 5 rings (SSSR count). The van der Waals surface area contributed by atoms with Crippen LogP contribution in [0.1, 0.15) is 57.1 Å². The number of halogens is 1. The number of piperidine rings is 1. The minimum atomic E-state index is 0.296. The summed E-state index contributed by atoms with van der Waals surface area (Å²) in [7, 11) is 0. The summed E-state index contributed by atoms with van der Waals surface area (Å²) in [5.41, 5.74) is 0.618. The Bertz CT molecular complexity index is 941. The van der Waals surface area contributed by atoms with Gasteiger partial charge in [0.15, 0.2) is 5.58 Å². The van der Waals surface area contributed by atoms with Crippen molar-refractivity contribution in [2.75, 3.05) is 5.32 Å². The van der Waals surface area contributed by atoms with Gasteiger partial charge in [0.1, 0.15) is 17.7 Å². The Morgan fingerprint density at radius 2 is 1.82 bits per heavy atom. The van der Waals surface area contributed by atoms with Crippen molar-refractivity contribution in [3.63, 3.8) is 0 Å². The fourth-order valence-electron chi connectivity index (χ4n) is 5.45. The van der Waals surface area contributed by atoms with Gasteiger partial charge in [-0.15, -0.1) is 0 Å². The predicted molar refractivity (Wildman–Crippen MR) is 109 cm³/mol. The number of nitrogens with zero attached hydrogens (tertiary/aromatic N) is 3. The second kappa shape index (κ2) is 7.16. The van der Waals surface area contributed by atoms with Gasteiger partial charge in [0.2, 0.25) is 5.76 Å². The molecule has 1 saturated carbocycles. The minimum absolute atomic E-state index is 0.296. The highest BCUT2D eigenvalue weighted by molar-refractivity contribution is 9.10. The van der Waals surface area contributed by atoms with Crippen LogP contribution in [0.25, 0.3) is 11.0 Å². The number of nitriles is 1. The standard InChI is InChI=1S/C21H23BrN4O2/c22-20-18-9-17(10-23)28-19(18)11-24-21(20)25-12-1-3-13(4-2-12)26-14-5-6-15(26)8-16(27)7-14/h9,11-15H,1-8H2,(H,24,25). The summed E-state index contributed by atoms with van der Waals surface area (Å²) in [5.74, 6) is 1.57. The second-order valence-corrected chi connectivity index (χ2v) is 9.14. The number of rotatable bonds is 3. The lowest BCUT2D eigenvalue weighted by molar-refractivity contribution is -0.124.